The van der Waals surface area contributed by atoms with Crippen molar-refractivity contribution in [2.45, 2.75) is 40.7 Å². The Labute approximate surface area is 103 Å². The minimum Gasteiger partial charge on any atom is -0.507 e. The maximum atomic E-state index is 11.6. The van der Waals surface area contributed by atoms with Crippen molar-refractivity contribution < 1.29 is 9.90 Å². The minimum absolute atomic E-state index is 0.0503. The molecule has 0 saturated heterocycles. The van der Waals surface area contributed by atoms with Crippen LogP contribution in [0.4, 0.5) is 0 Å². The second-order valence-corrected chi connectivity index (χ2v) is 4.61. The molecule has 0 aromatic heterocycles. The van der Waals surface area contributed by atoms with Crippen LogP contribution < -0.4 is 5.32 Å². The number of carbonyl (C=O) groups excluding carboxylic acids is 1. The van der Waals surface area contributed by atoms with Crippen molar-refractivity contribution >= 4 is 5.91 Å². The Morgan fingerprint density at radius 2 is 1.88 bits per heavy atom. The van der Waals surface area contributed by atoms with Crippen LogP contribution in [0.15, 0.2) is 12.1 Å². The Bertz CT molecular complexity index is 390. The van der Waals surface area contributed by atoms with Crippen LogP contribution in [0.5, 0.6) is 5.75 Å². The van der Waals surface area contributed by atoms with E-state index in [0.29, 0.717) is 12.3 Å². The maximum Gasteiger partial charge on any atom is 0.223 e. The molecule has 0 saturated carbocycles. The summed E-state index contributed by atoms with van der Waals surface area (Å²) in [7, 11) is 0. The van der Waals surface area contributed by atoms with Crippen LogP contribution in [0.25, 0.3) is 0 Å². The van der Waals surface area contributed by atoms with Crippen molar-refractivity contribution in [3.8, 4) is 5.75 Å². The van der Waals surface area contributed by atoms with E-state index in [2.05, 4.69) is 5.32 Å². The topological polar surface area (TPSA) is 49.3 Å². The normalized spacial score (nSPS) is 12.2. The molecule has 0 radical (unpaired) electrons. The van der Waals surface area contributed by atoms with Crippen LogP contribution in [-0.4, -0.2) is 11.0 Å². The summed E-state index contributed by atoms with van der Waals surface area (Å²) >= 11 is 0. The van der Waals surface area contributed by atoms with Gasteiger partial charge in [-0.1, -0.05) is 26.0 Å². The first-order valence-corrected chi connectivity index (χ1v) is 6.02. The van der Waals surface area contributed by atoms with Crippen LogP contribution in [0.2, 0.25) is 0 Å². The van der Waals surface area contributed by atoms with Gasteiger partial charge in [0.25, 0.3) is 0 Å². The third-order valence-corrected chi connectivity index (χ3v) is 3.08. The van der Waals surface area contributed by atoms with Gasteiger partial charge in [0.2, 0.25) is 5.91 Å². The van der Waals surface area contributed by atoms with E-state index in [1.54, 1.807) is 0 Å². The van der Waals surface area contributed by atoms with E-state index in [1.165, 1.54) is 0 Å². The summed E-state index contributed by atoms with van der Waals surface area (Å²) in [4.78, 5) is 11.6. The summed E-state index contributed by atoms with van der Waals surface area (Å²) in [6.07, 6.45) is 0.847. The molecule has 0 aliphatic rings. The molecule has 0 aliphatic heterocycles. The number of nitrogens with one attached hydrogen (secondary N) is 1. The standard InChI is InChI=1S/C14H21NO2/c1-5-9(2)14(17)15-8-12-6-10(3)13(16)11(4)7-12/h6-7,9,16H,5,8H2,1-4H3,(H,15,17). The molecule has 0 heterocycles. The number of hydrogen-bond acceptors (Lipinski definition) is 2. The second kappa shape index (κ2) is 5.71. The van der Waals surface area contributed by atoms with Crippen molar-refractivity contribution in [2.24, 2.45) is 5.92 Å². The first-order chi connectivity index (χ1) is 7.95. The van der Waals surface area contributed by atoms with Crippen molar-refractivity contribution in [1.29, 1.82) is 0 Å². The van der Waals surface area contributed by atoms with Gasteiger partial charge >= 0.3 is 0 Å². The van der Waals surface area contributed by atoms with Gasteiger partial charge in [0.05, 0.1) is 0 Å². The van der Waals surface area contributed by atoms with Gasteiger partial charge in [-0.15, -0.1) is 0 Å². The summed E-state index contributed by atoms with van der Waals surface area (Å²) in [5.41, 5.74) is 2.71. The highest BCUT2D eigenvalue weighted by Gasteiger charge is 2.10. The van der Waals surface area contributed by atoms with Crippen LogP contribution >= 0.6 is 0 Å². The monoisotopic (exact) mass is 235 g/mol. The maximum absolute atomic E-state index is 11.6. The lowest BCUT2D eigenvalue weighted by Gasteiger charge is -2.12. The van der Waals surface area contributed by atoms with E-state index in [1.807, 2.05) is 39.8 Å². The van der Waals surface area contributed by atoms with Crippen LogP contribution in [-0.2, 0) is 11.3 Å². The summed E-state index contributed by atoms with van der Waals surface area (Å²) in [5, 5.41) is 12.6. The summed E-state index contributed by atoms with van der Waals surface area (Å²) in [6.45, 7) is 8.16. The van der Waals surface area contributed by atoms with Gasteiger partial charge in [0.1, 0.15) is 5.75 Å². The number of hydrogen-bond donors (Lipinski definition) is 2. The highest BCUT2D eigenvalue weighted by molar-refractivity contribution is 5.78. The van der Waals surface area contributed by atoms with Crippen molar-refractivity contribution in [2.75, 3.05) is 0 Å². The molecule has 0 bridgehead atoms. The number of amides is 1. The highest BCUT2D eigenvalue weighted by Crippen LogP contribution is 2.22. The lowest BCUT2D eigenvalue weighted by Crippen LogP contribution is -2.28. The van der Waals surface area contributed by atoms with Gasteiger partial charge < -0.3 is 10.4 Å². The Balaban J connectivity index is 2.67. The predicted octanol–water partition coefficient (Wildman–Crippen LogP) is 2.67. The van der Waals surface area contributed by atoms with E-state index in [0.717, 1.165) is 23.1 Å². The van der Waals surface area contributed by atoms with Crippen LogP contribution in [0, 0.1) is 19.8 Å². The number of aryl methyl sites for hydroxylation is 2. The minimum atomic E-state index is 0.0503. The van der Waals surface area contributed by atoms with Gasteiger partial charge in [-0.2, -0.15) is 0 Å². The number of rotatable bonds is 4. The molecule has 94 valence electrons. The Kier molecular flexibility index (Phi) is 4.55. The van der Waals surface area contributed by atoms with Gasteiger partial charge in [-0.05, 0) is 37.0 Å². The third-order valence-electron chi connectivity index (χ3n) is 3.08. The average Bonchev–Trinajstić information content (AvgIpc) is 2.31. The van der Waals surface area contributed by atoms with Gasteiger partial charge in [-0.3, -0.25) is 4.79 Å². The Morgan fingerprint density at radius 1 is 1.35 bits per heavy atom. The molecular weight excluding hydrogens is 214 g/mol. The molecule has 0 aliphatic carbocycles. The molecule has 1 amide bonds. The molecule has 1 atom stereocenters. The van der Waals surface area contributed by atoms with Crippen molar-refractivity contribution in [1.82, 2.24) is 5.32 Å². The quantitative estimate of drug-likeness (QED) is 0.843. The van der Waals surface area contributed by atoms with Gasteiger partial charge in [0.15, 0.2) is 0 Å². The molecule has 3 nitrogen and oxygen atoms in total. The zero-order valence-electron chi connectivity index (χ0n) is 11.0. The fourth-order valence-corrected chi connectivity index (χ4v) is 1.70. The summed E-state index contributed by atoms with van der Waals surface area (Å²) in [5.74, 6) is 0.465. The largest absolute Gasteiger partial charge is 0.507 e. The zero-order chi connectivity index (χ0) is 13.0. The Morgan fingerprint density at radius 3 is 2.35 bits per heavy atom. The molecule has 0 fully saturated rings. The number of aromatic hydroxyl groups is 1. The fourth-order valence-electron chi connectivity index (χ4n) is 1.70. The van der Waals surface area contributed by atoms with Crippen LogP contribution in [0.1, 0.15) is 37.0 Å². The number of benzene rings is 1. The lowest BCUT2D eigenvalue weighted by molar-refractivity contribution is -0.124. The van der Waals surface area contributed by atoms with Crippen molar-refractivity contribution in [3.05, 3.63) is 28.8 Å². The molecule has 1 aromatic carbocycles. The molecule has 1 unspecified atom stereocenters. The summed E-state index contributed by atoms with van der Waals surface area (Å²) < 4.78 is 0. The molecule has 2 N–H and O–H groups in total. The van der Waals surface area contributed by atoms with E-state index in [4.69, 9.17) is 0 Å². The third kappa shape index (κ3) is 3.48. The fraction of sp³-hybridized carbons (Fsp3) is 0.500. The van der Waals surface area contributed by atoms with Gasteiger partial charge in [-0.25, -0.2) is 0 Å². The zero-order valence-corrected chi connectivity index (χ0v) is 11.0. The number of phenolic OH excluding ortho intramolecular Hbond substituents is 1. The summed E-state index contributed by atoms with van der Waals surface area (Å²) in [6, 6.07) is 3.80. The molecule has 0 spiro atoms. The van der Waals surface area contributed by atoms with E-state index < -0.39 is 0 Å². The lowest BCUT2D eigenvalue weighted by atomic mass is 10.0. The first kappa shape index (κ1) is 13.6. The number of carbonyl (C=O) groups is 1. The molecule has 1 rings (SSSR count). The second-order valence-electron chi connectivity index (χ2n) is 4.61. The SMILES string of the molecule is CCC(C)C(=O)NCc1cc(C)c(O)c(C)c1. The van der Waals surface area contributed by atoms with E-state index >= 15 is 0 Å². The number of phenols is 1. The molecule has 17 heavy (non-hydrogen) atoms. The highest BCUT2D eigenvalue weighted by atomic mass is 16.3. The van der Waals surface area contributed by atoms with E-state index in [9.17, 15) is 9.90 Å². The average molecular weight is 235 g/mol. The molecule has 1 aromatic rings. The molecule has 3 heteroatoms. The predicted molar refractivity (Wildman–Crippen MR) is 68.9 cm³/mol. The van der Waals surface area contributed by atoms with Crippen LogP contribution in [0.3, 0.4) is 0 Å². The Hall–Kier alpha value is -1.51. The molecular formula is C14H21NO2. The van der Waals surface area contributed by atoms with E-state index in [-0.39, 0.29) is 11.8 Å². The van der Waals surface area contributed by atoms with Gasteiger partial charge in [0, 0.05) is 12.5 Å². The first-order valence-electron chi connectivity index (χ1n) is 6.02. The van der Waals surface area contributed by atoms with Crippen molar-refractivity contribution in [3.63, 3.8) is 0 Å². The smallest absolute Gasteiger partial charge is 0.223 e.